The molecule has 0 amide bonds. The zero-order valence-corrected chi connectivity index (χ0v) is 17.3. The van der Waals surface area contributed by atoms with Crippen LogP contribution in [-0.4, -0.2) is 54.2 Å². The van der Waals surface area contributed by atoms with Crippen LogP contribution in [0.4, 0.5) is 5.82 Å². The van der Waals surface area contributed by atoms with Crippen LogP contribution in [0.2, 0.25) is 5.02 Å². The van der Waals surface area contributed by atoms with Gasteiger partial charge in [0.2, 0.25) is 0 Å². The monoisotopic (exact) mass is 408 g/mol. The van der Waals surface area contributed by atoms with Crippen LogP contribution in [0.5, 0.6) is 5.75 Å². The Kier molecular flexibility index (Phi) is 6.27. The first-order chi connectivity index (χ1) is 14.2. The number of benzene rings is 2. The average molecular weight is 409 g/mol. The summed E-state index contributed by atoms with van der Waals surface area (Å²) in [6.45, 7) is 7.32. The Morgan fingerprint density at radius 1 is 0.931 bits per heavy atom. The smallest absolute Gasteiger partial charge is 0.137 e. The van der Waals surface area contributed by atoms with Crippen LogP contribution < -0.4 is 9.64 Å². The van der Waals surface area contributed by atoms with Gasteiger partial charge in [-0.25, -0.2) is 9.97 Å². The van der Waals surface area contributed by atoms with E-state index in [1.807, 2.05) is 49.4 Å². The maximum Gasteiger partial charge on any atom is 0.137 e. The lowest BCUT2D eigenvalue weighted by Crippen LogP contribution is -2.47. The van der Waals surface area contributed by atoms with E-state index in [9.17, 15) is 0 Å². The first-order valence-electron chi connectivity index (χ1n) is 9.95. The molecule has 0 N–H and O–H groups in total. The first-order valence-corrected chi connectivity index (χ1v) is 10.3. The van der Waals surface area contributed by atoms with Crippen LogP contribution >= 0.6 is 11.6 Å². The molecule has 0 unspecified atom stereocenters. The molecule has 1 fully saturated rings. The highest BCUT2D eigenvalue weighted by Crippen LogP contribution is 2.24. The van der Waals surface area contributed by atoms with Crippen molar-refractivity contribution in [2.75, 3.05) is 44.2 Å². The fourth-order valence-electron chi connectivity index (χ4n) is 3.52. The lowest BCUT2D eigenvalue weighted by atomic mass is 10.1. The molecule has 1 aliphatic heterocycles. The molecule has 3 aromatic rings. The highest BCUT2D eigenvalue weighted by molar-refractivity contribution is 6.32. The predicted octanol–water partition coefficient (Wildman–Crippen LogP) is 4.31. The second kappa shape index (κ2) is 9.25. The molecule has 29 heavy (non-hydrogen) atoms. The number of piperazine rings is 1. The van der Waals surface area contributed by atoms with Crippen molar-refractivity contribution in [1.82, 2.24) is 14.9 Å². The van der Waals surface area contributed by atoms with Crippen molar-refractivity contribution in [3.8, 4) is 17.0 Å². The number of hydrogen-bond donors (Lipinski definition) is 0. The van der Waals surface area contributed by atoms with E-state index in [-0.39, 0.29) is 0 Å². The zero-order valence-electron chi connectivity index (χ0n) is 16.6. The number of ether oxygens (including phenoxy) is 1. The molecule has 150 valence electrons. The number of hydrogen-bond acceptors (Lipinski definition) is 5. The second-order valence-electron chi connectivity index (χ2n) is 7.13. The molecule has 0 radical (unpaired) electrons. The summed E-state index contributed by atoms with van der Waals surface area (Å²) in [5.74, 6) is 2.55. The molecule has 4 rings (SSSR count). The fraction of sp³-hybridized carbons (Fsp3) is 0.304. The van der Waals surface area contributed by atoms with E-state index < -0.39 is 0 Å². The van der Waals surface area contributed by atoms with Crippen molar-refractivity contribution < 1.29 is 4.74 Å². The topological polar surface area (TPSA) is 41.5 Å². The van der Waals surface area contributed by atoms with E-state index >= 15 is 0 Å². The second-order valence-corrected chi connectivity index (χ2v) is 7.54. The van der Waals surface area contributed by atoms with Gasteiger partial charge >= 0.3 is 0 Å². The van der Waals surface area contributed by atoms with Crippen LogP contribution in [0.3, 0.4) is 0 Å². The quantitative estimate of drug-likeness (QED) is 0.608. The summed E-state index contributed by atoms with van der Waals surface area (Å²) >= 11 is 6.15. The summed E-state index contributed by atoms with van der Waals surface area (Å²) in [5.41, 5.74) is 2.10. The normalized spacial score (nSPS) is 14.8. The minimum Gasteiger partial charge on any atom is -0.491 e. The van der Waals surface area contributed by atoms with E-state index in [4.69, 9.17) is 16.3 Å². The largest absolute Gasteiger partial charge is 0.491 e. The Bertz CT molecular complexity index is 943. The van der Waals surface area contributed by atoms with E-state index in [1.165, 1.54) is 0 Å². The molecular formula is C23H25ClN4O. The number of para-hydroxylation sites is 1. The summed E-state index contributed by atoms with van der Waals surface area (Å²) in [4.78, 5) is 14.0. The van der Waals surface area contributed by atoms with E-state index in [1.54, 1.807) is 0 Å². The van der Waals surface area contributed by atoms with Gasteiger partial charge in [0.15, 0.2) is 0 Å². The van der Waals surface area contributed by atoms with Crippen LogP contribution in [0.15, 0.2) is 60.7 Å². The van der Waals surface area contributed by atoms with Crippen LogP contribution in [0.1, 0.15) is 5.82 Å². The Morgan fingerprint density at radius 2 is 1.66 bits per heavy atom. The van der Waals surface area contributed by atoms with Crippen molar-refractivity contribution >= 4 is 17.4 Å². The lowest BCUT2D eigenvalue weighted by molar-refractivity contribution is 0.200. The Hall–Kier alpha value is -2.63. The molecule has 2 aromatic carbocycles. The standard InChI is InChI=1S/C23H25ClN4O/c1-18-25-21(19-7-3-2-4-8-19)17-23(26-18)28-13-11-27(12-14-28)15-16-29-22-10-6-5-9-20(22)24/h2-10,17H,11-16H2,1H3. The van der Waals surface area contributed by atoms with E-state index in [0.29, 0.717) is 11.6 Å². The molecule has 0 spiro atoms. The van der Waals surface area contributed by atoms with Gasteiger partial charge in [0.25, 0.3) is 0 Å². The Labute approximate surface area is 176 Å². The Balaban J connectivity index is 1.33. The predicted molar refractivity (Wildman–Crippen MR) is 118 cm³/mol. The van der Waals surface area contributed by atoms with Crippen LogP contribution in [0.25, 0.3) is 11.3 Å². The molecule has 2 heterocycles. The molecule has 6 heteroatoms. The molecular weight excluding hydrogens is 384 g/mol. The summed E-state index contributed by atoms with van der Waals surface area (Å²) in [7, 11) is 0. The van der Waals surface area contributed by atoms with Gasteiger partial charge in [-0.1, -0.05) is 54.1 Å². The number of halogens is 1. The molecule has 0 saturated carbocycles. The van der Waals surface area contributed by atoms with Crippen molar-refractivity contribution in [2.45, 2.75) is 6.92 Å². The summed E-state index contributed by atoms with van der Waals surface area (Å²) in [5, 5.41) is 0.658. The maximum atomic E-state index is 6.15. The highest BCUT2D eigenvalue weighted by Gasteiger charge is 2.19. The van der Waals surface area contributed by atoms with Gasteiger partial charge in [0, 0.05) is 44.4 Å². The third-order valence-electron chi connectivity index (χ3n) is 5.09. The number of aryl methyl sites for hydroxylation is 1. The Morgan fingerprint density at radius 3 is 2.41 bits per heavy atom. The number of anilines is 1. The van der Waals surface area contributed by atoms with Crippen molar-refractivity contribution in [3.63, 3.8) is 0 Å². The van der Waals surface area contributed by atoms with Gasteiger partial charge in [-0.3, -0.25) is 4.90 Å². The molecule has 1 aromatic heterocycles. The van der Waals surface area contributed by atoms with Crippen molar-refractivity contribution in [3.05, 3.63) is 71.5 Å². The minimum atomic E-state index is 0.633. The minimum absolute atomic E-state index is 0.633. The molecule has 1 aliphatic rings. The van der Waals surface area contributed by atoms with E-state index in [2.05, 4.69) is 38.0 Å². The third kappa shape index (κ3) is 5.05. The lowest BCUT2D eigenvalue weighted by Gasteiger charge is -2.35. The third-order valence-corrected chi connectivity index (χ3v) is 5.40. The summed E-state index contributed by atoms with van der Waals surface area (Å²) < 4.78 is 5.82. The molecule has 0 atom stereocenters. The zero-order chi connectivity index (χ0) is 20.1. The van der Waals surface area contributed by atoms with Gasteiger partial charge in [-0.15, -0.1) is 0 Å². The number of nitrogens with zero attached hydrogens (tertiary/aromatic N) is 4. The van der Waals surface area contributed by atoms with Gasteiger partial charge < -0.3 is 9.64 Å². The van der Waals surface area contributed by atoms with Crippen molar-refractivity contribution in [1.29, 1.82) is 0 Å². The van der Waals surface area contributed by atoms with Crippen molar-refractivity contribution in [2.24, 2.45) is 0 Å². The summed E-state index contributed by atoms with van der Waals surface area (Å²) in [6.07, 6.45) is 0. The number of aromatic nitrogens is 2. The first kappa shape index (κ1) is 19.7. The van der Waals surface area contributed by atoms with Gasteiger partial charge in [0.05, 0.1) is 10.7 Å². The van der Waals surface area contributed by atoms with Crippen LogP contribution in [0, 0.1) is 6.92 Å². The molecule has 0 aliphatic carbocycles. The van der Waals surface area contributed by atoms with E-state index in [0.717, 1.165) is 61.4 Å². The SMILES string of the molecule is Cc1nc(-c2ccccc2)cc(N2CCN(CCOc3ccccc3Cl)CC2)n1. The summed E-state index contributed by atoms with van der Waals surface area (Å²) in [6, 6.07) is 20.0. The fourth-order valence-corrected chi connectivity index (χ4v) is 3.71. The number of rotatable bonds is 6. The molecule has 0 bridgehead atoms. The van der Waals surface area contributed by atoms with Gasteiger partial charge in [0.1, 0.15) is 24.0 Å². The highest BCUT2D eigenvalue weighted by atomic mass is 35.5. The van der Waals surface area contributed by atoms with Gasteiger partial charge in [-0.05, 0) is 19.1 Å². The molecule has 5 nitrogen and oxygen atoms in total. The average Bonchev–Trinajstić information content (AvgIpc) is 2.76. The maximum absolute atomic E-state index is 6.15. The van der Waals surface area contributed by atoms with Gasteiger partial charge in [-0.2, -0.15) is 0 Å². The molecule has 1 saturated heterocycles. The van der Waals surface area contributed by atoms with Crippen LogP contribution in [-0.2, 0) is 0 Å².